The van der Waals surface area contributed by atoms with Crippen molar-refractivity contribution < 1.29 is 27.9 Å². The minimum absolute atomic E-state index is 0.0981. The van der Waals surface area contributed by atoms with Crippen molar-refractivity contribution >= 4 is 36.6 Å². The van der Waals surface area contributed by atoms with Crippen LogP contribution in [-0.2, 0) is 27.9 Å². The smallest absolute Gasteiger partial charge is 0.311 e. The zero-order valence-electron chi connectivity index (χ0n) is 29.4. The largest absolute Gasteiger partial charge is 0.469 e. The van der Waals surface area contributed by atoms with Gasteiger partial charge in [-0.3, -0.25) is 9.59 Å². The van der Waals surface area contributed by atoms with E-state index >= 15 is 0 Å². The zero-order chi connectivity index (χ0) is 31.9. The second-order valence-corrected chi connectivity index (χ2v) is 31.6. The number of hydrogen-bond donors (Lipinski definition) is 0. The lowest BCUT2D eigenvalue weighted by molar-refractivity contribution is -0.152. The standard InChI is InChI=1S/C30H64O6Si3/c1-25(2,23(31)33-13)21-27(5,6)37(15,16)29(9,10)35-39(19,20)30(11,12)36-38(17,18)28(7,8)22-26(3,4)24(32)34-14/h21-22H2,1-20H3. The Morgan fingerprint density at radius 2 is 0.821 bits per heavy atom. The Balaban J connectivity index is 6.17. The molecule has 0 radical (unpaired) electrons. The molecule has 39 heavy (non-hydrogen) atoms. The highest BCUT2D eigenvalue weighted by molar-refractivity contribution is 6.85. The average Bonchev–Trinajstić information content (AvgIpc) is 2.68. The fourth-order valence-electron chi connectivity index (χ4n) is 5.94. The second-order valence-electron chi connectivity index (χ2n) is 16.7. The van der Waals surface area contributed by atoms with Crippen LogP contribution in [0.5, 0.6) is 0 Å². The number of methoxy groups -OCH3 is 2. The van der Waals surface area contributed by atoms with Crippen LogP contribution in [0, 0.1) is 10.8 Å². The van der Waals surface area contributed by atoms with Gasteiger partial charge in [0, 0.05) is 5.22 Å². The second kappa shape index (κ2) is 11.7. The molecule has 0 aliphatic heterocycles. The molecule has 9 heteroatoms. The number of carbonyl (C=O) groups excluding carboxylic acids is 2. The molecule has 0 saturated heterocycles. The zero-order valence-corrected chi connectivity index (χ0v) is 32.4. The molecule has 0 aromatic heterocycles. The molecule has 0 amide bonds. The van der Waals surface area contributed by atoms with Crippen molar-refractivity contribution in [1.29, 1.82) is 0 Å². The van der Waals surface area contributed by atoms with Crippen LogP contribution in [0.1, 0.15) is 95.9 Å². The van der Waals surface area contributed by atoms with Crippen molar-refractivity contribution in [3.63, 3.8) is 0 Å². The molecule has 0 heterocycles. The van der Waals surface area contributed by atoms with E-state index in [4.69, 9.17) is 18.3 Å². The molecule has 6 nitrogen and oxygen atoms in total. The maximum absolute atomic E-state index is 12.5. The summed E-state index contributed by atoms with van der Waals surface area (Å²) < 4.78 is 24.6. The Kier molecular flexibility index (Phi) is 11.5. The molecule has 0 bridgehead atoms. The Labute approximate surface area is 244 Å². The molecule has 232 valence electrons. The maximum Gasteiger partial charge on any atom is 0.311 e. The minimum Gasteiger partial charge on any atom is -0.469 e. The first-order chi connectivity index (χ1) is 16.8. The molecule has 0 atom stereocenters. The monoisotopic (exact) mass is 604 g/mol. The van der Waals surface area contributed by atoms with Crippen LogP contribution < -0.4 is 0 Å². The van der Waals surface area contributed by atoms with E-state index in [1.807, 2.05) is 27.7 Å². The van der Waals surface area contributed by atoms with Crippen molar-refractivity contribution in [2.75, 3.05) is 14.2 Å². The Bertz CT molecular complexity index is 883. The summed E-state index contributed by atoms with van der Waals surface area (Å²) in [5.74, 6) is -0.363. The van der Waals surface area contributed by atoms with Crippen LogP contribution in [0.15, 0.2) is 0 Å². The van der Waals surface area contributed by atoms with Crippen molar-refractivity contribution in [3.05, 3.63) is 0 Å². The van der Waals surface area contributed by atoms with Crippen LogP contribution in [0.2, 0.25) is 49.4 Å². The van der Waals surface area contributed by atoms with E-state index < -0.39 is 40.8 Å². The average molecular weight is 605 g/mol. The van der Waals surface area contributed by atoms with E-state index in [2.05, 4.69) is 94.7 Å². The highest BCUT2D eigenvalue weighted by Gasteiger charge is 2.58. The van der Waals surface area contributed by atoms with Gasteiger partial charge in [0.1, 0.15) is 0 Å². The van der Waals surface area contributed by atoms with E-state index in [1.54, 1.807) is 0 Å². The highest BCUT2D eigenvalue weighted by Crippen LogP contribution is 2.54. The third-order valence-corrected chi connectivity index (χ3v) is 26.1. The third kappa shape index (κ3) is 8.30. The van der Waals surface area contributed by atoms with Gasteiger partial charge in [-0.05, 0) is 104 Å². The van der Waals surface area contributed by atoms with E-state index in [-0.39, 0.29) is 27.2 Å². The number of esters is 2. The van der Waals surface area contributed by atoms with E-state index in [0.29, 0.717) is 6.42 Å². The van der Waals surface area contributed by atoms with Crippen molar-refractivity contribution in [3.8, 4) is 0 Å². The summed E-state index contributed by atoms with van der Waals surface area (Å²) in [6.45, 7) is 39.5. The quantitative estimate of drug-likeness (QED) is 0.146. The van der Waals surface area contributed by atoms with Gasteiger partial charge in [-0.1, -0.05) is 40.8 Å². The van der Waals surface area contributed by atoms with E-state index in [0.717, 1.165) is 6.42 Å². The Morgan fingerprint density at radius 1 is 0.513 bits per heavy atom. The van der Waals surface area contributed by atoms with Crippen molar-refractivity contribution in [2.45, 2.75) is 156 Å². The molecule has 0 aromatic carbocycles. The molecule has 0 aliphatic carbocycles. The van der Waals surface area contributed by atoms with Crippen LogP contribution in [-0.4, -0.2) is 61.3 Å². The third-order valence-electron chi connectivity index (χ3n) is 10.5. The molecular formula is C30H64O6Si3. The van der Waals surface area contributed by atoms with Gasteiger partial charge < -0.3 is 18.3 Å². The molecule has 0 fully saturated rings. The van der Waals surface area contributed by atoms with Gasteiger partial charge in [0.05, 0.1) is 38.3 Å². The van der Waals surface area contributed by atoms with Gasteiger partial charge >= 0.3 is 11.9 Å². The van der Waals surface area contributed by atoms with Gasteiger partial charge in [-0.15, -0.1) is 0 Å². The lowest BCUT2D eigenvalue weighted by Gasteiger charge is -2.57. The van der Waals surface area contributed by atoms with Crippen molar-refractivity contribution in [2.24, 2.45) is 10.8 Å². The fourth-order valence-corrected chi connectivity index (χ4v) is 15.9. The summed E-state index contributed by atoms with van der Waals surface area (Å²) in [5, 5.41) is -1.11. The van der Waals surface area contributed by atoms with Gasteiger partial charge in [-0.2, -0.15) is 0 Å². The Hall–Kier alpha value is -0.489. The molecule has 0 saturated carbocycles. The summed E-state index contributed by atoms with van der Waals surface area (Å²) in [7, 11) is -4.03. The maximum atomic E-state index is 12.5. The SMILES string of the molecule is COC(=O)C(C)(C)CC(C)(C)[Si](C)(C)OC(C)(C)[Si](C)(C)OC(C)(C)[Si](C)(C)C(C)(C)CC(C)(C)C(=O)OC. The molecule has 0 unspecified atom stereocenters. The van der Waals surface area contributed by atoms with E-state index in [1.165, 1.54) is 14.2 Å². The lowest BCUT2D eigenvalue weighted by atomic mass is 9.83. The van der Waals surface area contributed by atoms with Gasteiger partial charge in [0.2, 0.25) is 8.32 Å². The number of rotatable bonds is 14. The van der Waals surface area contributed by atoms with Crippen LogP contribution in [0.3, 0.4) is 0 Å². The fraction of sp³-hybridized carbons (Fsp3) is 0.933. The number of ether oxygens (including phenoxy) is 2. The normalized spacial score (nSPS) is 15.3. The van der Waals surface area contributed by atoms with E-state index in [9.17, 15) is 9.59 Å². The molecule has 0 N–H and O–H groups in total. The lowest BCUT2D eigenvalue weighted by Crippen LogP contribution is -2.68. The molecule has 0 aromatic rings. The van der Waals surface area contributed by atoms with Crippen LogP contribution >= 0.6 is 0 Å². The molecule has 0 aliphatic rings. The van der Waals surface area contributed by atoms with Gasteiger partial charge in [0.25, 0.3) is 0 Å². The first-order valence-electron chi connectivity index (χ1n) is 14.4. The summed E-state index contributed by atoms with van der Waals surface area (Å²) in [4.78, 5) is 25.0. The predicted molar refractivity (Wildman–Crippen MR) is 172 cm³/mol. The first-order valence-corrected chi connectivity index (χ1v) is 23.2. The highest BCUT2D eigenvalue weighted by atomic mass is 28.4. The van der Waals surface area contributed by atoms with Gasteiger partial charge in [0.15, 0.2) is 8.32 Å². The summed E-state index contributed by atoms with van der Waals surface area (Å²) in [6.07, 6.45) is 1.41. The van der Waals surface area contributed by atoms with Crippen molar-refractivity contribution in [1.82, 2.24) is 0 Å². The molecular weight excluding hydrogens is 541 g/mol. The van der Waals surface area contributed by atoms with Crippen LogP contribution in [0.25, 0.3) is 0 Å². The summed E-state index contributed by atoms with van der Waals surface area (Å²) in [6, 6.07) is 0. The Morgan fingerprint density at radius 3 is 1.15 bits per heavy atom. The topological polar surface area (TPSA) is 71.1 Å². The summed E-state index contributed by atoms with van der Waals surface area (Å²) in [5.41, 5.74) is -1.17. The first kappa shape index (κ1) is 38.5. The molecule has 0 rings (SSSR count). The number of hydrogen-bond acceptors (Lipinski definition) is 6. The minimum atomic E-state index is -2.45. The molecule has 0 spiro atoms. The summed E-state index contributed by atoms with van der Waals surface area (Å²) >= 11 is 0. The predicted octanol–water partition coefficient (Wildman–Crippen LogP) is 8.51. The number of carbonyl (C=O) groups is 2. The van der Waals surface area contributed by atoms with Gasteiger partial charge in [-0.25, -0.2) is 0 Å². The van der Waals surface area contributed by atoms with Crippen LogP contribution in [0.4, 0.5) is 0 Å².